The Balaban J connectivity index is 0.00000160. The number of likely N-dealkylation sites (N-methyl/N-ethyl adjacent to an activating group) is 1. The van der Waals surface area contributed by atoms with E-state index in [4.69, 9.17) is 30.9 Å². The number of carbonyl (C=O) groups excluding carboxylic acids is 3. The number of nitrogens with two attached hydrogens (primary N) is 1. The van der Waals surface area contributed by atoms with Crippen LogP contribution in [0.1, 0.15) is 55.0 Å². The molecule has 0 aliphatic carbocycles. The summed E-state index contributed by atoms with van der Waals surface area (Å²) in [4.78, 5) is 53.2. The first kappa shape index (κ1) is 39.6. The largest absolute Gasteiger partial charge is 0.503 e. The quantitative estimate of drug-likeness (QED) is 0.0982. The summed E-state index contributed by atoms with van der Waals surface area (Å²) in [5, 5.41) is 21.8. The molecule has 2 aliphatic rings. The summed E-state index contributed by atoms with van der Waals surface area (Å²) >= 11 is 0. The van der Waals surface area contributed by atoms with Crippen LogP contribution in [0.15, 0.2) is 59.0 Å². The van der Waals surface area contributed by atoms with Gasteiger partial charge in [-0.2, -0.15) is 4.72 Å². The molecular weight excluding hydrogens is 668 g/mol. The zero-order valence-corrected chi connectivity index (χ0v) is 29.7. The molecule has 0 spiro atoms. The number of hydrogen-bond acceptors (Lipinski definition) is 9. The van der Waals surface area contributed by atoms with Crippen molar-refractivity contribution < 1.29 is 42.5 Å². The molecule has 2 aromatic carbocycles. The highest BCUT2D eigenvalue weighted by atomic mass is 32.2. The first-order chi connectivity index (χ1) is 23.4. The van der Waals surface area contributed by atoms with Crippen molar-refractivity contribution in [3.8, 4) is 0 Å². The van der Waals surface area contributed by atoms with Crippen LogP contribution in [-0.2, 0) is 42.0 Å². The van der Waals surface area contributed by atoms with E-state index in [9.17, 15) is 22.8 Å². The summed E-state index contributed by atoms with van der Waals surface area (Å²) in [5.74, 6) is -1.37. The number of sulfonamides is 1. The number of esters is 1. The molecule has 50 heavy (non-hydrogen) atoms. The van der Waals surface area contributed by atoms with Gasteiger partial charge in [0.1, 0.15) is 17.9 Å². The molecule has 0 saturated heterocycles. The van der Waals surface area contributed by atoms with Crippen LogP contribution in [0.25, 0.3) is 0 Å². The van der Waals surface area contributed by atoms with Crippen molar-refractivity contribution in [2.24, 2.45) is 5.73 Å². The van der Waals surface area contributed by atoms with Gasteiger partial charge in [0, 0.05) is 45.2 Å². The Morgan fingerprint density at radius 2 is 1.82 bits per heavy atom. The van der Waals surface area contributed by atoms with Gasteiger partial charge in [0.15, 0.2) is 0 Å². The molecule has 2 aromatic rings. The van der Waals surface area contributed by atoms with Gasteiger partial charge in [-0.3, -0.25) is 19.9 Å². The molecule has 3 atom stereocenters. The number of nitrogen functional groups attached to an aromatic ring is 1. The van der Waals surface area contributed by atoms with Crippen molar-refractivity contribution in [1.82, 2.24) is 19.4 Å². The van der Waals surface area contributed by atoms with Crippen molar-refractivity contribution >= 4 is 39.8 Å². The van der Waals surface area contributed by atoms with E-state index in [-0.39, 0.29) is 55.1 Å². The van der Waals surface area contributed by atoms with Crippen LogP contribution in [0.5, 0.6) is 0 Å². The van der Waals surface area contributed by atoms with Crippen LogP contribution in [0.3, 0.4) is 0 Å². The van der Waals surface area contributed by atoms with Crippen molar-refractivity contribution in [1.29, 1.82) is 5.41 Å². The lowest BCUT2D eigenvalue weighted by Crippen LogP contribution is -2.56. The van der Waals surface area contributed by atoms with Crippen LogP contribution in [0.2, 0.25) is 0 Å². The average molecular weight is 715 g/mol. The first-order valence-corrected chi connectivity index (χ1v) is 17.5. The highest BCUT2D eigenvalue weighted by molar-refractivity contribution is 7.89. The van der Waals surface area contributed by atoms with E-state index in [1.165, 1.54) is 15.9 Å². The molecule has 2 aliphatic heterocycles. The minimum atomic E-state index is -4.28. The van der Waals surface area contributed by atoms with Gasteiger partial charge in [-0.15, -0.1) is 0 Å². The number of amidine groups is 1. The molecule has 0 aromatic heterocycles. The van der Waals surface area contributed by atoms with E-state index >= 15 is 0 Å². The van der Waals surface area contributed by atoms with Gasteiger partial charge in [-0.05, 0) is 75.0 Å². The molecule has 16 heteroatoms. The highest BCUT2D eigenvalue weighted by Gasteiger charge is 2.38. The topological polar surface area (TPSA) is 224 Å². The van der Waals surface area contributed by atoms with Crippen LogP contribution in [0, 0.1) is 5.41 Å². The van der Waals surface area contributed by atoms with Gasteiger partial charge in [0.25, 0.3) is 0 Å². The Bertz CT molecular complexity index is 1740. The summed E-state index contributed by atoms with van der Waals surface area (Å²) in [6, 6.07) is 9.09. The number of carbonyl (C=O) groups is 4. The number of carboxylic acid groups (broad SMARTS) is 2. The normalized spacial score (nSPS) is 18.0. The van der Waals surface area contributed by atoms with Gasteiger partial charge in [0.05, 0.1) is 11.5 Å². The smallest absolute Gasteiger partial charge is 0.464 e. The fraction of sp³-hybridized carbons (Fsp3) is 0.441. The monoisotopic (exact) mass is 714 g/mol. The minimum Gasteiger partial charge on any atom is -0.464 e. The van der Waals surface area contributed by atoms with E-state index in [2.05, 4.69) is 4.72 Å². The maximum absolute atomic E-state index is 14.2. The van der Waals surface area contributed by atoms with Crippen LogP contribution < -0.4 is 10.5 Å². The lowest BCUT2D eigenvalue weighted by Gasteiger charge is -2.36. The first-order valence-electron chi connectivity index (χ1n) is 16.0. The number of ether oxygens (including phenoxy) is 1. The van der Waals surface area contributed by atoms with Crippen LogP contribution in [-0.4, -0.2) is 116 Å². The molecule has 4 rings (SSSR count). The number of nitrogens with zero attached hydrogens (tertiary/aromatic N) is 3. The zero-order chi connectivity index (χ0) is 37.3. The van der Waals surface area contributed by atoms with Crippen molar-refractivity contribution in [2.45, 2.75) is 62.6 Å². The SMILES string of the molecule is CCOC(=O)[C@H]1CC(C)=CCN1C(=O)[C@@H](Cc1cccc(C(=N)N)c1)NS(=O)(=O)c1ccc2c(c1)[C@H](CC(=O)N(C)C)N(C)CC2.O=C(O)O. The molecule has 0 radical (unpaired) electrons. The van der Waals surface area contributed by atoms with E-state index in [0.717, 1.165) is 23.2 Å². The number of fused-ring (bicyclic) bond motifs is 1. The molecule has 6 N–H and O–H groups in total. The molecule has 272 valence electrons. The number of amides is 2. The van der Waals surface area contributed by atoms with E-state index in [1.54, 1.807) is 57.4 Å². The predicted octanol–water partition coefficient (Wildman–Crippen LogP) is 2.20. The second kappa shape index (κ2) is 17.2. The van der Waals surface area contributed by atoms with Crippen LogP contribution in [0.4, 0.5) is 4.79 Å². The van der Waals surface area contributed by atoms with Gasteiger partial charge >= 0.3 is 12.1 Å². The van der Waals surface area contributed by atoms with Crippen molar-refractivity contribution in [3.05, 3.63) is 76.4 Å². The maximum Gasteiger partial charge on any atom is 0.503 e. The summed E-state index contributed by atoms with van der Waals surface area (Å²) in [6.45, 7) is 4.54. The molecule has 0 bridgehead atoms. The highest BCUT2D eigenvalue weighted by Crippen LogP contribution is 2.33. The summed E-state index contributed by atoms with van der Waals surface area (Å²) in [5.41, 5.74) is 9.36. The summed E-state index contributed by atoms with van der Waals surface area (Å²) in [6.07, 6.45) is 1.12. The second-order valence-corrected chi connectivity index (χ2v) is 14.1. The van der Waals surface area contributed by atoms with Crippen LogP contribution >= 0.6 is 0 Å². The zero-order valence-electron chi connectivity index (χ0n) is 28.9. The van der Waals surface area contributed by atoms with E-state index < -0.39 is 40.1 Å². The molecule has 2 heterocycles. The Kier molecular flexibility index (Phi) is 13.7. The van der Waals surface area contributed by atoms with Gasteiger partial charge in [0.2, 0.25) is 21.8 Å². The summed E-state index contributed by atoms with van der Waals surface area (Å²) < 4.78 is 36.0. The fourth-order valence-electron chi connectivity index (χ4n) is 5.89. The third-order valence-corrected chi connectivity index (χ3v) is 10.0. The van der Waals surface area contributed by atoms with Crippen molar-refractivity contribution in [2.75, 3.05) is 40.8 Å². The fourth-order valence-corrected chi connectivity index (χ4v) is 7.11. The maximum atomic E-state index is 14.2. The number of nitrogens with one attached hydrogen (secondary N) is 2. The third-order valence-electron chi connectivity index (χ3n) is 8.56. The van der Waals surface area contributed by atoms with Gasteiger partial charge < -0.3 is 30.5 Å². The minimum absolute atomic E-state index is 0.0320. The van der Waals surface area contributed by atoms with Gasteiger partial charge in [-0.25, -0.2) is 18.0 Å². The van der Waals surface area contributed by atoms with E-state index in [0.29, 0.717) is 17.5 Å². The van der Waals surface area contributed by atoms with Crippen molar-refractivity contribution in [3.63, 3.8) is 0 Å². The summed E-state index contributed by atoms with van der Waals surface area (Å²) in [7, 11) is 1.01. The Morgan fingerprint density at radius 3 is 2.44 bits per heavy atom. The predicted molar refractivity (Wildman–Crippen MR) is 185 cm³/mol. The molecule has 0 saturated carbocycles. The molecular formula is C34H46N6O9S. The van der Waals surface area contributed by atoms with E-state index in [1.807, 2.05) is 24.9 Å². The van der Waals surface area contributed by atoms with Gasteiger partial charge in [-0.1, -0.05) is 35.9 Å². The number of benzene rings is 2. The third kappa shape index (κ3) is 10.4. The number of hydrogen-bond donors (Lipinski definition) is 5. The Morgan fingerprint density at radius 1 is 1.14 bits per heavy atom. The molecule has 0 unspecified atom stereocenters. The number of rotatable bonds is 11. The second-order valence-electron chi connectivity index (χ2n) is 12.4. The standard InChI is InChI=1S/C33H44N6O6S.CH2O3/c1-6-45-33(42)29-16-21(2)12-15-39(29)32(41)27(18-22-8-7-9-24(17-22)31(34)35)36-46(43,44)25-11-10-23-13-14-38(5)28(26(23)19-25)20-30(40)37(3)4;2-1(3)4/h7-12,17,19,27-29,36H,6,13-16,18,20H2,1-5H3,(H3,34,35);(H2,2,3,4)/t27-,28+,29-;/m1./s1. The average Bonchev–Trinajstić information content (AvgIpc) is 3.05. The lowest BCUT2D eigenvalue weighted by atomic mass is 9.91. The Hall–Kier alpha value is -4.80. The molecule has 0 fully saturated rings. The molecule has 2 amide bonds. The Labute approximate surface area is 292 Å². The molecule has 15 nitrogen and oxygen atoms in total. The lowest BCUT2D eigenvalue weighted by molar-refractivity contribution is -0.155.